The van der Waals surface area contributed by atoms with E-state index in [9.17, 15) is 39.6 Å². The van der Waals surface area contributed by atoms with Crippen LogP contribution in [0.3, 0.4) is 0 Å². The second-order valence-corrected chi connectivity index (χ2v) is 11.4. The molecule has 6 nitrogen and oxygen atoms in total. The van der Waals surface area contributed by atoms with Crippen LogP contribution in [-0.4, -0.2) is 35.1 Å². The van der Waals surface area contributed by atoms with Crippen LogP contribution in [0, 0.1) is 5.92 Å². The van der Waals surface area contributed by atoms with Gasteiger partial charge in [-0.05, 0) is 57.2 Å². The second-order valence-electron chi connectivity index (χ2n) is 8.79. The topological polar surface area (TPSA) is 89.0 Å². The highest BCUT2D eigenvalue weighted by atomic mass is 32.2. The third-order valence-corrected chi connectivity index (χ3v) is 8.21. The van der Waals surface area contributed by atoms with Crippen LogP contribution in [-0.2, 0) is 22.2 Å². The minimum absolute atomic E-state index is 0.121. The maximum Gasteiger partial charge on any atom is 0.451 e. The van der Waals surface area contributed by atoms with Crippen LogP contribution in [0.1, 0.15) is 54.9 Å². The Kier molecular flexibility index (Phi) is 6.72. The molecular weight excluding hydrogens is 488 g/mol. The average Bonchev–Trinajstić information content (AvgIpc) is 2.70. The number of carbonyl (C=O) groups is 1. The van der Waals surface area contributed by atoms with Gasteiger partial charge in [0.2, 0.25) is 5.82 Å². The SMILES string of the molecule is CC(C)(CC1CC(NC(=O)c2cnc(C(F)(F)F)nc2)C1)S(=O)(=O)c1cccc(C(F)(F)F)c1. The number of halogens is 6. The van der Waals surface area contributed by atoms with Crippen LogP contribution in [0.5, 0.6) is 0 Å². The van der Waals surface area contributed by atoms with Gasteiger partial charge in [0.05, 0.1) is 20.8 Å². The lowest BCUT2D eigenvalue weighted by molar-refractivity contribution is -0.145. The van der Waals surface area contributed by atoms with Crippen LogP contribution in [0.15, 0.2) is 41.6 Å². The Morgan fingerprint density at radius 2 is 1.62 bits per heavy atom. The molecule has 0 radical (unpaired) electrons. The fourth-order valence-electron chi connectivity index (χ4n) is 3.84. The van der Waals surface area contributed by atoms with Gasteiger partial charge >= 0.3 is 12.4 Å². The number of hydrogen-bond acceptors (Lipinski definition) is 5. The summed E-state index contributed by atoms with van der Waals surface area (Å²) in [6.45, 7) is 2.88. The van der Waals surface area contributed by atoms with Crippen molar-refractivity contribution in [2.45, 2.75) is 61.1 Å². The molecule has 0 unspecified atom stereocenters. The van der Waals surface area contributed by atoms with Crippen molar-refractivity contribution in [1.82, 2.24) is 15.3 Å². The van der Waals surface area contributed by atoms with E-state index in [2.05, 4.69) is 15.3 Å². The van der Waals surface area contributed by atoms with Crippen LogP contribution in [0.2, 0.25) is 0 Å². The summed E-state index contributed by atoms with van der Waals surface area (Å²) >= 11 is 0. The number of aromatic nitrogens is 2. The third-order valence-electron chi connectivity index (χ3n) is 5.72. The van der Waals surface area contributed by atoms with E-state index in [1.165, 1.54) is 13.8 Å². The maximum absolute atomic E-state index is 13.0. The number of nitrogens with one attached hydrogen (secondary N) is 1. The van der Waals surface area contributed by atoms with E-state index < -0.39 is 49.1 Å². The lowest BCUT2D eigenvalue weighted by Crippen LogP contribution is -2.47. The van der Waals surface area contributed by atoms with Crippen molar-refractivity contribution >= 4 is 15.7 Å². The van der Waals surface area contributed by atoms with Gasteiger partial charge < -0.3 is 5.32 Å². The lowest BCUT2D eigenvalue weighted by Gasteiger charge is -2.40. The molecule has 13 heteroatoms. The number of rotatable bonds is 6. The largest absolute Gasteiger partial charge is 0.451 e. The number of alkyl halides is 6. The number of benzene rings is 1. The zero-order valence-electron chi connectivity index (χ0n) is 18.0. The molecule has 34 heavy (non-hydrogen) atoms. The first-order valence-electron chi connectivity index (χ1n) is 10.1. The summed E-state index contributed by atoms with van der Waals surface area (Å²) in [7, 11) is -4.09. The summed E-state index contributed by atoms with van der Waals surface area (Å²) in [5.74, 6) is -2.14. The molecule has 1 aliphatic rings. The van der Waals surface area contributed by atoms with Crippen molar-refractivity contribution in [2.24, 2.45) is 5.92 Å². The standard InChI is InChI=1S/C21H21F6N3O3S/c1-19(2,34(32,33)16-5-3-4-14(8-16)20(22,23)24)9-12-6-15(7-12)30-17(31)13-10-28-18(29-11-13)21(25,26)27/h3-5,8,10-12,15H,6-7,9H2,1-2H3,(H,30,31). The molecule has 0 bridgehead atoms. The van der Waals surface area contributed by atoms with Gasteiger partial charge in [0.15, 0.2) is 9.84 Å². The summed E-state index contributed by atoms with van der Waals surface area (Å²) in [5, 5.41) is 2.63. The number of nitrogens with zero attached hydrogens (tertiary/aromatic N) is 2. The molecule has 1 fully saturated rings. The molecule has 3 rings (SSSR count). The van der Waals surface area contributed by atoms with E-state index in [1.54, 1.807) is 0 Å². The molecule has 1 aromatic carbocycles. The van der Waals surface area contributed by atoms with Crippen LogP contribution >= 0.6 is 0 Å². The normalized spacial score (nSPS) is 19.4. The Bertz CT molecular complexity index is 1160. The van der Waals surface area contributed by atoms with E-state index in [1.807, 2.05) is 0 Å². The summed E-state index contributed by atoms with van der Waals surface area (Å²) < 4.78 is 101. The lowest BCUT2D eigenvalue weighted by atomic mass is 9.75. The van der Waals surface area contributed by atoms with Crippen molar-refractivity contribution in [3.05, 3.63) is 53.6 Å². The van der Waals surface area contributed by atoms with Crippen molar-refractivity contribution in [2.75, 3.05) is 0 Å². The van der Waals surface area contributed by atoms with E-state index in [-0.39, 0.29) is 23.9 Å². The van der Waals surface area contributed by atoms with Crippen molar-refractivity contribution < 1.29 is 39.6 Å². The highest BCUT2D eigenvalue weighted by Gasteiger charge is 2.43. The zero-order valence-corrected chi connectivity index (χ0v) is 18.9. The Morgan fingerprint density at radius 1 is 1.03 bits per heavy atom. The Balaban J connectivity index is 1.59. The molecule has 1 saturated carbocycles. The minimum Gasteiger partial charge on any atom is -0.349 e. The molecule has 0 aliphatic heterocycles. The van der Waals surface area contributed by atoms with E-state index >= 15 is 0 Å². The molecule has 1 heterocycles. The van der Waals surface area contributed by atoms with Gasteiger partial charge in [-0.3, -0.25) is 4.79 Å². The number of carbonyl (C=O) groups excluding carboxylic acids is 1. The van der Waals surface area contributed by atoms with Gasteiger partial charge in [0, 0.05) is 18.4 Å². The molecule has 2 aromatic rings. The van der Waals surface area contributed by atoms with Gasteiger partial charge in [-0.1, -0.05) is 6.07 Å². The molecule has 0 atom stereocenters. The van der Waals surface area contributed by atoms with Gasteiger partial charge in [0.25, 0.3) is 5.91 Å². The van der Waals surface area contributed by atoms with Gasteiger partial charge in [-0.25, -0.2) is 18.4 Å². The van der Waals surface area contributed by atoms with Crippen LogP contribution < -0.4 is 5.32 Å². The number of sulfone groups is 1. The highest BCUT2D eigenvalue weighted by Crippen LogP contribution is 2.40. The van der Waals surface area contributed by atoms with E-state index in [0.29, 0.717) is 18.9 Å². The quantitative estimate of drug-likeness (QED) is 0.572. The summed E-state index contributed by atoms with van der Waals surface area (Å²) in [6.07, 6.45) is -6.88. The molecule has 1 amide bonds. The molecule has 0 spiro atoms. The Hall–Kier alpha value is -2.70. The third kappa shape index (κ3) is 5.50. The fraction of sp³-hybridized carbons (Fsp3) is 0.476. The van der Waals surface area contributed by atoms with Gasteiger partial charge in [0.1, 0.15) is 0 Å². The molecule has 1 N–H and O–H groups in total. The van der Waals surface area contributed by atoms with Crippen LogP contribution in [0.4, 0.5) is 26.3 Å². The first-order chi connectivity index (χ1) is 15.5. The van der Waals surface area contributed by atoms with E-state index in [0.717, 1.165) is 30.6 Å². The Morgan fingerprint density at radius 3 is 2.15 bits per heavy atom. The predicted octanol–water partition coefficient (Wildman–Crippen LogP) is 4.67. The summed E-state index contributed by atoms with van der Waals surface area (Å²) in [6, 6.07) is 3.26. The van der Waals surface area contributed by atoms with Crippen molar-refractivity contribution in [3.8, 4) is 0 Å². The highest BCUT2D eigenvalue weighted by molar-refractivity contribution is 7.92. The van der Waals surface area contributed by atoms with Crippen molar-refractivity contribution in [1.29, 1.82) is 0 Å². The maximum atomic E-state index is 13.0. The fourth-order valence-corrected chi connectivity index (χ4v) is 5.48. The molecule has 0 saturated heterocycles. The molecular formula is C21H21F6N3O3S. The molecule has 1 aliphatic carbocycles. The van der Waals surface area contributed by atoms with Gasteiger partial charge in [-0.15, -0.1) is 0 Å². The van der Waals surface area contributed by atoms with Crippen LogP contribution in [0.25, 0.3) is 0 Å². The zero-order chi connectivity index (χ0) is 25.5. The first-order valence-corrected chi connectivity index (χ1v) is 11.6. The average molecular weight is 509 g/mol. The van der Waals surface area contributed by atoms with E-state index in [4.69, 9.17) is 0 Å². The number of hydrogen-bond donors (Lipinski definition) is 1. The van der Waals surface area contributed by atoms with Crippen molar-refractivity contribution in [3.63, 3.8) is 0 Å². The Labute approximate surface area is 191 Å². The predicted molar refractivity (Wildman–Crippen MR) is 108 cm³/mol. The minimum atomic E-state index is -4.72. The monoisotopic (exact) mass is 509 g/mol. The molecule has 186 valence electrons. The summed E-state index contributed by atoms with van der Waals surface area (Å²) in [4.78, 5) is 18.0. The first kappa shape index (κ1) is 25.9. The second kappa shape index (κ2) is 8.82. The molecule has 1 aromatic heterocycles. The smallest absolute Gasteiger partial charge is 0.349 e. The summed E-state index contributed by atoms with van der Waals surface area (Å²) in [5.41, 5.74) is -1.20. The van der Waals surface area contributed by atoms with Gasteiger partial charge in [-0.2, -0.15) is 26.3 Å². The number of amides is 1.